The van der Waals surface area contributed by atoms with Crippen molar-refractivity contribution in [3.63, 3.8) is 0 Å². The van der Waals surface area contributed by atoms with Crippen LogP contribution in [0, 0.1) is 0 Å². The van der Waals surface area contributed by atoms with Gasteiger partial charge in [0.25, 0.3) is 0 Å². The number of thiazole rings is 1. The van der Waals surface area contributed by atoms with Crippen LogP contribution >= 0.6 is 11.3 Å². The van der Waals surface area contributed by atoms with Gasteiger partial charge in [-0.3, -0.25) is 9.78 Å². The molecule has 0 N–H and O–H groups in total. The molecule has 4 heterocycles. The molecule has 0 spiro atoms. The van der Waals surface area contributed by atoms with Crippen molar-refractivity contribution in [2.75, 3.05) is 13.1 Å². The molecule has 7 heteroatoms. The zero-order valence-electron chi connectivity index (χ0n) is 15.2. The number of piperidine rings is 1. The fourth-order valence-corrected chi connectivity index (χ4v) is 4.23. The first-order valence-electron chi connectivity index (χ1n) is 9.34. The topological polar surface area (TPSA) is 63.9 Å². The fourth-order valence-electron chi connectivity index (χ4n) is 3.68. The Kier molecular flexibility index (Phi) is 5.58. The molecule has 6 nitrogen and oxygen atoms in total. The minimum atomic E-state index is 0.231. The third kappa shape index (κ3) is 4.42. The van der Waals surface area contributed by atoms with Crippen molar-refractivity contribution in [2.45, 2.75) is 38.1 Å². The molecule has 1 fully saturated rings. The van der Waals surface area contributed by atoms with Crippen LogP contribution in [0.25, 0.3) is 0 Å². The summed E-state index contributed by atoms with van der Waals surface area (Å²) in [5.41, 5.74) is 4.07. The second-order valence-electron chi connectivity index (χ2n) is 6.93. The molecule has 0 radical (unpaired) electrons. The van der Waals surface area contributed by atoms with Gasteiger partial charge in [0.1, 0.15) is 5.82 Å². The van der Waals surface area contributed by atoms with Crippen molar-refractivity contribution in [3.05, 3.63) is 64.9 Å². The quantitative estimate of drug-likeness (QED) is 0.658. The molecule has 0 saturated carbocycles. The lowest BCUT2D eigenvalue weighted by Crippen LogP contribution is -2.39. The van der Waals surface area contributed by atoms with E-state index in [9.17, 15) is 4.79 Å². The maximum atomic E-state index is 12.7. The van der Waals surface area contributed by atoms with Gasteiger partial charge in [-0.1, -0.05) is 0 Å². The van der Waals surface area contributed by atoms with Crippen molar-refractivity contribution in [3.8, 4) is 0 Å². The van der Waals surface area contributed by atoms with Crippen LogP contribution in [0.5, 0.6) is 0 Å². The van der Waals surface area contributed by atoms with Crippen LogP contribution in [-0.2, 0) is 17.8 Å². The zero-order chi connectivity index (χ0) is 18.5. The molecule has 140 valence electrons. The van der Waals surface area contributed by atoms with Crippen LogP contribution < -0.4 is 0 Å². The summed E-state index contributed by atoms with van der Waals surface area (Å²) in [6, 6.07) is 3.95. The van der Waals surface area contributed by atoms with Crippen LogP contribution in [0.2, 0.25) is 0 Å². The Hall–Kier alpha value is -2.54. The Bertz CT molecular complexity index is 862. The van der Waals surface area contributed by atoms with Crippen LogP contribution in [0.3, 0.4) is 0 Å². The highest BCUT2D eigenvalue weighted by atomic mass is 32.1. The van der Waals surface area contributed by atoms with E-state index in [-0.39, 0.29) is 11.8 Å². The SMILES string of the molecule is O=C(CCc1ccncc1)N1CCC[C@@H](c2nccn2Cc2cscn2)C1. The van der Waals surface area contributed by atoms with E-state index < -0.39 is 0 Å². The van der Waals surface area contributed by atoms with E-state index in [1.54, 1.807) is 23.7 Å². The van der Waals surface area contributed by atoms with E-state index in [2.05, 4.69) is 24.9 Å². The number of rotatable bonds is 6. The van der Waals surface area contributed by atoms with Crippen molar-refractivity contribution < 1.29 is 4.79 Å². The summed E-state index contributed by atoms with van der Waals surface area (Å²) >= 11 is 1.61. The standard InChI is InChI=1S/C20H23N5OS/c26-19(4-3-16-5-7-21-8-6-16)24-10-1-2-17(12-24)20-22-9-11-25(20)13-18-14-27-15-23-18/h5-9,11,14-15,17H,1-4,10,12-13H2/t17-/m1/s1. The lowest BCUT2D eigenvalue weighted by Gasteiger charge is -2.32. The second kappa shape index (κ2) is 8.43. The summed E-state index contributed by atoms with van der Waals surface area (Å²) in [4.78, 5) is 27.7. The van der Waals surface area contributed by atoms with Gasteiger partial charge in [0, 0.05) is 55.6 Å². The Morgan fingerprint density at radius 3 is 2.93 bits per heavy atom. The van der Waals surface area contributed by atoms with Gasteiger partial charge in [0.05, 0.1) is 17.7 Å². The van der Waals surface area contributed by atoms with Crippen LogP contribution in [0.4, 0.5) is 0 Å². The molecule has 1 aliphatic rings. The predicted octanol–water partition coefficient (Wildman–Crippen LogP) is 3.12. The minimum absolute atomic E-state index is 0.231. The summed E-state index contributed by atoms with van der Waals surface area (Å²) in [7, 11) is 0. The molecule has 0 unspecified atom stereocenters. The Morgan fingerprint density at radius 2 is 2.11 bits per heavy atom. The predicted molar refractivity (Wildman–Crippen MR) is 105 cm³/mol. The van der Waals surface area contributed by atoms with Crippen LogP contribution in [-0.4, -0.2) is 43.4 Å². The maximum absolute atomic E-state index is 12.7. The Morgan fingerprint density at radius 1 is 1.22 bits per heavy atom. The van der Waals surface area contributed by atoms with Crippen molar-refractivity contribution in [1.82, 2.24) is 24.4 Å². The third-order valence-corrected chi connectivity index (χ3v) is 5.71. The van der Waals surface area contributed by atoms with E-state index in [0.717, 1.165) is 56.0 Å². The van der Waals surface area contributed by atoms with Crippen LogP contribution in [0.15, 0.2) is 47.8 Å². The van der Waals surface area contributed by atoms with E-state index in [0.29, 0.717) is 6.42 Å². The van der Waals surface area contributed by atoms with Gasteiger partial charge in [-0.25, -0.2) is 9.97 Å². The average Bonchev–Trinajstić information content (AvgIpc) is 3.39. The molecule has 3 aromatic rings. The minimum Gasteiger partial charge on any atom is -0.342 e. The van der Waals surface area contributed by atoms with Gasteiger partial charge < -0.3 is 9.47 Å². The molecule has 1 atom stereocenters. The van der Waals surface area contributed by atoms with Crippen LogP contribution in [0.1, 0.15) is 42.3 Å². The highest BCUT2D eigenvalue weighted by molar-refractivity contribution is 7.07. The molecule has 3 aromatic heterocycles. The first kappa shape index (κ1) is 17.9. The number of pyridine rings is 1. The number of hydrogen-bond acceptors (Lipinski definition) is 5. The summed E-state index contributed by atoms with van der Waals surface area (Å²) in [6.45, 7) is 2.34. The van der Waals surface area contributed by atoms with Gasteiger partial charge in [-0.05, 0) is 37.0 Å². The number of hydrogen-bond donors (Lipinski definition) is 0. The maximum Gasteiger partial charge on any atom is 0.222 e. The van der Waals surface area contributed by atoms with Gasteiger partial charge in [0.2, 0.25) is 5.91 Å². The van der Waals surface area contributed by atoms with Crippen molar-refractivity contribution in [2.24, 2.45) is 0 Å². The first-order valence-corrected chi connectivity index (χ1v) is 10.3. The van der Waals surface area contributed by atoms with Crippen molar-refractivity contribution in [1.29, 1.82) is 0 Å². The lowest BCUT2D eigenvalue weighted by molar-refractivity contribution is -0.132. The normalized spacial score (nSPS) is 17.2. The van der Waals surface area contributed by atoms with Gasteiger partial charge in [0.15, 0.2) is 0 Å². The van der Waals surface area contributed by atoms with Gasteiger partial charge in [-0.15, -0.1) is 11.3 Å². The second-order valence-corrected chi connectivity index (χ2v) is 7.65. The van der Waals surface area contributed by atoms with Gasteiger partial charge in [-0.2, -0.15) is 0 Å². The number of aromatic nitrogens is 4. The number of likely N-dealkylation sites (tertiary alicyclic amines) is 1. The molecule has 1 saturated heterocycles. The highest BCUT2D eigenvalue weighted by Crippen LogP contribution is 2.27. The lowest BCUT2D eigenvalue weighted by atomic mass is 9.96. The third-order valence-electron chi connectivity index (χ3n) is 5.08. The molecule has 1 aliphatic heterocycles. The average molecular weight is 382 g/mol. The molecular formula is C20H23N5OS. The number of carbonyl (C=O) groups is 1. The van der Waals surface area contributed by atoms with E-state index in [4.69, 9.17) is 0 Å². The molecule has 1 amide bonds. The molecule has 0 aliphatic carbocycles. The summed E-state index contributed by atoms with van der Waals surface area (Å²) < 4.78 is 2.17. The smallest absolute Gasteiger partial charge is 0.222 e. The number of aryl methyl sites for hydroxylation is 1. The molecule has 0 bridgehead atoms. The Labute approximate surface area is 162 Å². The number of amides is 1. The highest BCUT2D eigenvalue weighted by Gasteiger charge is 2.27. The number of imidazole rings is 1. The summed E-state index contributed by atoms with van der Waals surface area (Å²) in [6.07, 6.45) is 10.8. The summed E-state index contributed by atoms with van der Waals surface area (Å²) in [5.74, 6) is 1.58. The van der Waals surface area contributed by atoms with E-state index in [1.807, 2.05) is 34.9 Å². The zero-order valence-corrected chi connectivity index (χ0v) is 16.0. The van der Waals surface area contributed by atoms with Gasteiger partial charge >= 0.3 is 0 Å². The molecule has 4 rings (SSSR count). The van der Waals surface area contributed by atoms with E-state index in [1.165, 1.54) is 0 Å². The monoisotopic (exact) mass is 381 g/mol. The first-order chi connectivity index (χ1) is 13.3. The molecular weight excluding hydrogens is 358 g/mol. The molecule has 0 aromatic carbocycles. The number of nitrogens with zero attached hydrogens (tertiary/aromatic N) is 5. The van der Waals surface area contributed by atoms with E-state index >= 15 is 0 Å². The molecule has 27 heavy (non-hydrogen) atoms. The fraction of sp³-hybridized carbons (Fsp3) is 0.400. The largest absolute Gasteiger partial charge is 0.342 e. The Balaban J connectivity index is 1.38. The van der Waals surface area contributed by atoms with Crippen molar-refractivity contribution >= 4 is 17.2 Å². The summed E-state index contributed by atoms with van der Waals surface area (Å²) in [5, 5.41) is 2.07. The number of carbonyl (C=O) groups excluding carboxylic acids is 1.